The number of ether oxygens (including phenoxy) is 1. The lowest BCUT2D eigenvalue weighted by atomic mass is 10.2. The molecular weight excluding hydrogens is 492 g/mol. The van der Waals surface area contributed by atoms with Gasteiger partial charge in [-0.1, -0.05) is 0 Å². The molecule has 5 rings (SSSR count). The van der Waals surface area contributed by atoms with Crippen molar-refractivity contribution in [3.63, 3.8) is 0 Å². The second-order valence-electron chi connectivity index (χ2n) is 9.48. The highest BCUT2D eigenvalue weighted by Crippen LogP contribution is 2.32. The van der Waals surface area contributed by atoms with Gasteiger partial charge in [0.15, 0.2) is 0 Å². The molecule has 0 unspecified atom stereocenters. The average Bonchev–Trinajstić information content (AvgIpc) is 3.50. The van der Waals surface area contributed by atoms with Gasteiger partial charge in [0.25, 0.3) is 5.91 Å². The number of aromatic nitrogens is 5. The molecule has 11 nitrogen and oxygen atoms in total. The van der Waals surface area contributed by atoms with Crippen molar-refractivity contribution in [2.75, 3.05) is 30.3 Å². The van der Waals surface area contributed by atoms with E-state index in [2.05, 4.69) is 30.7 Å². The molecule has 2 amide bonds. The van der Waals surface area contributed by atoms with Gasteiger partial charge in [0.05, 0.1) is 64.9 Å². The lowest BCUT2D eigenvalue weighted by molar-refractivity contribution is -0.121. The summed E-state index contributed by atoms with van der Waals surface area (Å²) < 4.78 is 9.26. The van der Waals surface area contributed by atoms with E-state index in [-0.39, 0.29) is 30.6 Å². The molecule has 0 radical (unpaired) electrons. The normalized spacial score (nSPS) is 18.3. The SMILES string of the molecule is Cc1ncc(NC(=O)CN2C[C@@H](C)O[C@H](C)C2)cc1NC(=O)c1cnn2cc(-c3cnn(C)c3C)sc12. The number of aryl methyl sites for hydroxylation is 2. The van der Waals surface area contributed by atoms with Crippen molar-refractivity contribution in [1.29, 1.82) is 0 Å². The number of nitrogens with zero attached hydrogens (tertiary/aromatic N) is 6. The number of nitrogens with one attached hydrogen (secondary N) is 2. The van der Waals surface area contributed by atoms with Crippen LogP contribution in [0.15, 0.2) is 30.9 Å². The minimum Gasteiger partial charge on any atom is -0.373 e. The van der Waals surface area contributed by atoms with Gasteiger partial charge in [-0.15, -0.1) is 11.3 Å². The highest BCUT2D eigenvalue weighted by atomic mass is 32.1. The van der Waals surface area contributed by atoms with Crippen molar-refractivity contribution in [2.24, 2.45) is 7.05 Å². The fraction of sp³-hybridized carbons (Fsp3) is 0.400. The summed E-state index contributed by atoms with van der Waals surface area (Å²) in [6.45, 7) is 9.49. The molecule has 2 atom stereocenters. The molecule has 0 aromatic carbocycles. The van der Waals surface area contributed by atoms with E-state index in [1.54, 1.807) is 29.9 Å². The first-order chi connectivity index (χ1) is 17.7. The first-order valence-corrected chi connectivity index (χ1v) is 12.9. The van der Waals surface area contributed by atoms with Crippen LogP contribution in [0.2, 0.25) is 0 Å². The predicted molar refractivity (Wildman–Crippen MR) is 142 cm³/mol. The molecule has 37 heavy (non-hydrogen) atoms. The van der Waals surface area contributed by atoms with Crippen molar-refractivity contribution >= 4 is 39.4 Å². The summed E-state index contributed by atoms with van der Waals surface area (Å²) in [6.07, 6.45) is 7.03. The minimum absolute atomic E-state index is 0.0857. The van der Waals surface area contributed by atoms with Crippen molar-refractivity contribution in [1.82, 2.24) is 29.3 Å². The number of amides is 2. The van der Waals surface area contributed by atoms with Crippen LogP contribution >= 0.6 is 11.3 Å². The summed E-state index contributed by atoms with van der Waals surface area (Å²) in [5, 5.41) is 14.5. The monoisotopic (exact) mass is 522 g/mol. The third-order valence-corrected chi connectivity index (χ3v) is 7.57. The van der Waals surface area contributed by atoms with Crippen molar-refractivity contribution in [3.05, 3.63) is 47.8 Å². The van der Waals surface area contributed by atoms with Gasteiger partial charge in [0.1, 0.15) is 4.83 Å². The van der Waals surface area contributed by atoms with Crippen LogP contribution in [0.5, 0.6) is 0 Å². The van der Waals surface area contributed by atoms with E-state index in [9.17, 15) is 9.59 Å². The zero-order valence-corrected chi connectivity index (χ0v) is 22.3. The van der Waals surface area contributed by atoms with E-state index < -0.39 is 0 Å². The van der Waals surface area contributed by atoms with Crippen LogP contribution in [-0.4, -0.2) is 72.9 Å². The van der Waals surface area contributed by atoms with Gasteiger partial charge < -0.3 is 15.4 Å². The Morgan fingerprint density at radius 1 is 1.11 bits per heavy atom. The zero-order chi connectivity index (χ0) is 26.3. The summed E-state index contributed by atoms with van der Waals surface area (Å²) in [7, 11) is 1.90. The number of fused-ring (bicyclic) bond motifs is 1. The second-order valence-corrected chi connectivity index (χ2v) is 10.5. The Labute approximate surface area is 218 Å². The second kappa shape index (κ2) is 10.0. The van der Waals surface area contributed by atoms with Gasteiger partial charge in [-0.25, -0.2) is 4.52 Å². The molecule has 0 aliphatic carbocycles. The number of hydrogen-bond acceptors (Lipinski definition) is 8. The van der Waals surface area contributed by atoms with E-state index >= 15 is 0 Å². The maximum Gasteiger partial charge on any atom is 0.260 e. The predicted octanol–water partition coefficient (Wildman–Crippen LogP) is 3.11. The van der Waals surface area contributed by atoms with Crippen LogP contribution in [0.4, 0.5) is 11.4 Å². The molecular formula is C25H30N8O3S. The van der Waals surface area contributed by atoms with E-state index in [1.165, 1.54) is 11.3 Å². The summed E-state index contributed by atoms with van der Waals surface area (Å²) in [6, 6.07) is 1.72. The highest BCUT2D eigenvalue weighted by molar-refractivity contribution is 7.21. The number of hydrogen-bond donors (Lipinski definition) is 2. The number of pyridine rings is 1. The van der Waals surface area contributed by atoms with Gasteiger partial charge in [0.2, 0.25) is 5.91 Å². The highest BCUT2D eigenvalue weighted by Gasteiger charge is 2.24. The third-order valence-electron chi connectivity index (χ3n) is 6.42. The molecule has 1 saturated heterocycles. The fourth-order valence-corrected chi connectivity index (χ4v) is 5.66. The van der Waals surface area contributed by atoms with Gasteiger partial charge in [-0.05, 0) is 33.8 Å². The number of carbonyl (C=O) groups is 2. The zero-order valence-electron chi connectivity index (χ0n) is 21.5. The maximum atomic E-state index is 13.2. The minimum atomic E-state index is -0.295. The molecule has 194 valence electrons. The molecule has 12 heteroatoms. The lowest BCUT2D eigenvalue weighted by Crippen LogP contribution is -2.48. The summed E-state index contributed by atoms with van der Waals surface area (Å²) in [5.41, 5.74) is 4.19. The van der Waals surface area contributed by atoms with Crippen LogP contribution in [-0.2, 0) is 16.6 Å². The molecule has 0 spiro atoms. The van der Waals surface area contributed by atoms with Gasteiger partial charge >= 0.3 is 0 Å². The molecule has 5 heterocycles. The van der Waals surface area contributed by atoms with Crippen molar-refractivity contribution in [3.8, 4) is 10.4 Å². The van der Waals surface area contributed by atoms with Crippen LogP contribution < -0.4 is 10.6 Å². The average molecular weight is 523 g/mol. The summed E-state index contributed by atoms with van der Waals surface area (Å²) in [5.74, 6) is -0.435. The Hall–Kier alpha value is -3.61. The van der Waals surface area contributed by atoms with Crippen LogP contribution in [0.1, 0.15) is 35.6 Å². The lowest BCUT2D eigenvalue weighted by Gasteiger charge is -2.34. The van der Waals surface area contributed by atoms with E-state index in [0.29, 0.717) is 35.7 Å². The third kappa shape index (κ3) is 5.26. The summed E-state index contributed by atoms with van der Waals surface area (Å²) >= 11 is 1.48. The number of anilines is 2. The Balaban J connectivity index is 1.29. The number of carbonyl (C=O) groups excluding carboxylic acids is 2. The fourth-order valence-electron chi connectivity index (χ4n) is 4.54. The number of rotatable bonds is 6. The van der Waals surface area contributed by atoms with Crippen LogP contribution in [0.25, 0.3) is 15.3 Å². The van der Waals surface area contributed by atoms with Gasteiger partial charge in [-0.3, -0.25) is 24.2 Å². The maximum absolute atomic E-state index is 13.2. The molecule has 4 aromatic heterocycles. The Morgan fingerprint density at radius 3 is 2.57 bits per heavy atom. The first kappa shape index (κ1) is 25.1. The Bertz CT molecular complexity index is 1460. The Kier molecular flexibility index (Phi) is 6.80. The largest absolute Gasteiger partial charge is 0.373 e. The summed E-state index contributed by atoms with van der Waals surface area (Å²) in [4.78, 5) is 34.0. The van der Waals surface area contributed by atoms with E-state index in [0.717, 1.165) is 21.0 Å². The van der Waals surface area contributed by atoms with Crippen LogP contribution in [0, 0.1) is 13.8 Å². The van der Waals surface area contributed by atoms with Gasteiger partial charge in [0, 0.05) is 37.6 Å². The Morgan fingerprint density at radius 2 is 1.86 bits per heavy atom. The smallest absolute Gasteiger partial charge is 0.260 e. The molecule has 2 N–H and O–H groups in total. The number of thiazole rings is 1. The van der Waals surface area contributed by atoms with Crippen molar-refractivity contribution < 1.29 is 14.3 Å². The molecule has 1 aliphatic heterocycles. The topological polar surface area (TPSA) is 119 Å². The molecule has 1 aliphatic rings. The number of morpholine rings is 1. The molecule has 4 aromatic rings. The quantitative estimate of drug-likeness (QED) is 0.399. The molecule has 0 bridgehead atoms. The molecule has 1 fully saturated rings. The van der Waals surface area contributed by atoms with E-state index in [4.69, 9.17) is 4.74 Å². The van der Waals surface area contributed by atoms with Crippen molar-refractivity contribution in [2.45, 2.75) is 39.9 Å². The van der Waals surface area contributed by atoms with Gasteiger partial charge in [-0.2, -0.15) is 10.2 Å². The van der Waals surface area contributed by atoms with Crippen LogP contribution in [0.3, 0.4) is 0 Å². The first-order valence-electron chi connectivity index (χ1n) is 12.1. The standard InChI is InChI=1S/C25H30N8O3S/c1-14-10-32(11-15(2)36-14)13-23(34)29-18-6-21(16(3)26-7-18)30-24(35)20-9-28-33-12-22(37-25(20)33)19-8-27-31(5)17(19)4/h6-9,12,14-15H,10-11,13H2,1-5H3,(H,29,34)(H,30,35)/t14-,15-/m1/s1. The molecule has 0 saturated carbocycles. The van der Waals surface area contributed by atoms with E-state index in [1.807, 2.05) is 44.9 Å².